The first-order valence-corrected chi connectivity index (χ1v) is 22.4. The monoisotopic (exact) mass is 816 g/mol. The van der Waals surface area contributed by atoms with Gasteiger partial charge in [0.1, 0.15) is 43.2 Å². The van der Waals surface area contributed by atoms with Gasteiger partial charge in [0.05, 0.1) is 6.61 Å². The molecule has 0 aromatic rings. The minimum atomic E-state index is -5.12. The standard InChI is InChI=1S/C42H73O13P/c1-3-5-7-9-11-13-15-17-18-19-21-23-25-27-29-31-36(44)54-34(32-52-35(43)30-28-26-24-22-20-16-14-12-10-8-6-4-2)33-53-56(50,51)55-42-40(48)38(46)37(45)39(47)41(42)49/h11-14,17-18,21,23,34,37-42,45-49H,3-10,15-16,19-20,22,24-33H2,1-2H3,(H,50,51)/b13-11+,14-12+,18-17+,23-21+/t34-,37?,38+,39?,40?,41?,42?/m1/s1. The molecular weight excluding hydrogens is 743 g/mol. The summed E-state index contributed by atoms with van der Waals surface area (Å²) in [5.41, 5.74) is 0. The quantitative estimate of drug-likeness (QED) is 0.0168. The molecular formula is C42H73O13P. The van der Waals surface area contributed by atoms with Crippen LogP contribution in [0, 0.1) is 0 Å². The third-order valence-corrected chi connectivity index (χ3v) is 10.4. The van der Waals surface area contributed by atoms with Crippen LogP contribution in [-0.4, -0.2) is 98.3 Å². The molecule has 1 saturated carbocycles. The Morgan fingerprint density at radius 3 is 1.52 bits per heavy atom. The number of allylic oxidation sites excluding steroid dienone is 8. The normalized spacial score (nSPS) is 23.4. The van der Waals surface area contributed by atoms with Crippen molar-refractivity contribution in [3.05, 3.63) is 48.6 Å². The minimum Gasteiger partial charge on any atom is -0.462 e. The predicted molar refractivity (Wildman–Crippen MR) is 216 cm³/mol. The van der Waals surface area contributed by atoms with Gasteiger partial charge in [-0.3, -0.25) is 18.6 Å². The maximum atomic E-state index is 12.8. The smallest absolute Gasteiger partial charge is 0.462 e. The van der Waals surface area contributed by atoms with Crippen LogP contribution in [0.25, 0.3) is 0 Å². The topological polar surface area (TPSA) is 210 Å². The van der Waals surface area contributed by atoms with Crippen molar-refractivity contribution >= 4 is 19.8 Å². The summed E-state index contributed by atoms with van der Waals surface area (Å²) in [6, 6.07) is 0. The Hall–Kier alpha value is -2.19. The van der Waals surface area contributed by atoms with E-state index >= 15 is 0 Å². The summed E-state index contributed by atoms with van der Waals surface area (Å²) in [5.74, 6) is -1.16. The number of esters is 2. The number of carbonyl (C=O) groups is 2. The van der Waals surface area contributed by atoms with E-state index in [0.717, 1.165) is 70.6 Å². The van der Waals surface area contributed by atoms with Crippen molar-refractivity contribution in [1.29, 1.82) is 0 Å². The molecule has 0 aromatic heterocycles. The van der Waals surface area contributed by atoms with Crippen LogP contribution in [0.5, 0.6) is 0 Å². The van der Waals surface area contributed by atoms with Crippen molar-refractivity contribution in [2.75, 3.05) is 13.2 Å². The summed E-state index contributed by atoms with van der Waals surface area (Å²) >= 11 is 0. The molecule has 0 amide bonds. The summed E-state index contributed by atoms with van der Waals surface area (Å²) in [5, 5.41) is 50.0. The van der Waals surface area contributed by atoms with Crippen molar-refractivity contribution < 1.29 is 63.1 Å². The molecule has 324 valence electrons. The molecule has 0 radical (unpaired) electrons. The first-order valence-electron chi connectivity index (χ1n) is 20.9. The summed E-state index contributed by atoms with van der Waals surface area (Å²) in [6.45, 7) is 3.17. The maximum Gasteiger partial charge on any atom is 0.472 e. The van der Waals surface area contributed by atoms with Crippen molar-refractivity contribution in [2.24, 2.45) is 0 Å². The molecule has 1 aliphatic carbocycles. The maximum absolute atomic E-state index is 12.8. The highest BCUT2D eigenvalue weighted by molar-refractivity contribution is 7.47. The zero-order chi connectivity index (χ0) is 41.4. The van der Waals surface area contributed by atoms with Gasteiger partial charge < -0.3 is 39.9 Å². The lowest BCUT2D eigenvalue weighted by Crippen LogP contribution is -2.64. The lowest BCUT2D eigenvalue weighted by Gasteiger charge is -2.41. The fourth-order valence-corrected chi connectivity index (χ4v) is 6.91. The van der Waals surface area contributed by atoms with E-state index in [4.69, 9.17) is 18.5 Å². The lowest BCUT2D eigenvalue weighted by atomic mass is 9.85. The average molecular weight is 817 g/mol. The molecule has 1 fully saturated rings. The third kappa shape index (κ3) is 25.2. The van der Waals surface area contributed by atoms with Crippen LogP contribution >= 0.6 is 7.82 Å². The number of hydrogen-bond donors (Lipinski definition) is 6. The van der Waals surface area contributed by atoms with Crippen LogP contribution in [0.3, 0.4) is 0 Å². The predicted octanol–water partition coefficient (Wildman–Crippen LogP) is 7.22. The first kappa shape index (κ1) is 51.8. The molecule has 13 nitrogen and oxygen atoms in total. The lowest BCUT2D eigenvalue weighted by molar-refractivity contribution is -0.220. The Kier molecular flexibility index (Phi) is 30.3. The van der Waals surface area contributed by atoms with Crippen LogP contribution < -0.4 is 0 Å². The van der Waals surface area contributed by atoms with Crippen LogP contribution in [0.2, 0.25) is 0 Å². The molecule has 0 spiro atoms. The van der Waals surface area contributed by atoms with E-state index in [9.17, 15) is 44.6 Å². The number of ether oxygens (including phenoxy) is 2. The second-order valence-corrected chi connectivity index (χ2v) is 15.9. The Labute approximate surface area is 335 Å². The number of carbonyl (C=O) groups excluding carboxylic acids is 2. The Balaban J connectivity index is 2.56. The fraction of sp³-hybridized carbons (Fsp3) is 0.762. The molecule has 8 atom stereocenters. The van der Waals surface area contributed by atoms with Crippen LogP contribution in [0.1, 0.15) is 149 Å². The van der Waals surface area contributed by atoms with Crippen LogP contribution in [0.4, 0.5) is 0 Å². The molecule has 6 unspecified atom stereocenters. The summed E-state index contributed by atoms with van der Waals surface area (Å²) in [4.78, 5) is 35.5. The van der Waals surface area contributed by atoms with E-state index in [1.54, 1.807) is 0 Å². The zero-order valence-electron chi connectivity index (χ0n) is 33.9. The first-order chi connectivity index (χ1) is 26.9. The van der Waals surface area contributed by atoms with E-state index in [1.807, 2.05) is 0 Å². The van der Waals surface area contributed by atoms with E-state index in [2.05, 4.69) is 62.5 Å². The highest BCUT2D eigenvalue weighted by Crippen LogP contribution is 2.47. The number of hydrogen-bond acceptors (Lipinski definition) is 12. The Morgan fingerprint density at radius 1 is 0.554 bits per heavy atom. The zero-order valence-corrected chi connectivity index (χ0v) is 34.8. The number of phosphoric ester groups is 1. The van der Waals surface area contributed by atoms with Gasteiger partial charge in [-0.2, -0.15) is 0 Å². The Bertz CT molecular complexity index is 1170. The van der Waals surface area contributed by atoms with Gasteiger partial charge in [0, 0.05) is 12.8 Å². The fourth-order valence-electron chi connectivity index (χ4n) is 5.93. The molecule has 0 bridgehead atoms. The van der Waals surface area contributed by atoms with Gasteiger partial charge in [-0.25, -0.2) is 4.57 Å². The molecule has 0 aliphatic heterocycles. The number of unbranched alkanes of at least 4 members (excludes halogenated alkanes) is 13. The van der Waals surface area contributed by atoms with Crippen LogP contribution in [0.15, 0.2) is 48.6 Å². The van der Waals surface area contributed by atoms with Gasteiger partial charge >= 0.3 is 19.8 Å². The number of aliphatic hydroxyl groups excluding tert-OH is 5. The third-order valence-electron chi connectivity index (χ3n) is 9.39. The molecule has 56 heavy (non-hydrogen) atoms. The summed E-state index contributed by atoms with van der Waals surface area (Å²) < 4.78 is 33.3. The van der Waals surface area contributed by atoms with Crippen molar-refractivity contribution in [1.82, 2.24) is 0 Å². The van der Waals surface area contributed by atoms with Gasteiger partial charge in [-0.1, -0.05) is 107 Å². The van der Waals surface area contributed by atoms with E-state index < -0.39 is 75.7 Å². The van der Waals surface area contributed by atoms with Gasteiger partial charge in [-0.15, -0.1) is 0 Å². The van der Waals surface area contributed by atoms with Crippen molar-refractivity contribution in [3.63, 3.8) is 0 Å². The number of aliphatic hydroxyl groups is 5. The highest BCUT2D eigenvalue weighted by atomic mass is 31.2. The second-order valence-electron chi connectivity index (χ2n) is 14.5. The summed E-state index contributed by atoms with van der Waals surface area (Å²) in [7, 11) is -5.12. The van der Waals surface area contributed by atoms with Gasteiger partial charge in [0.2, 0.25) is 0 Å². The summed E-state index contributed by atoms with van der Waals surface area (Å²) in [6.07, 6.45) is 23.2. The molecule has 0 heterocycles. The minimum absolute atomic E-state index is 0.0449. The van der Waals surface area contributed by atoms with E-state index in [1.165, 1.54) is 38.5 Å². The molecule has 6 N–H and O–H groups in total. The largest absolute Gasteiger partial charge is 0.472 e. The number of rotatable bonds is 33. The second kappa shape index (κ2) is 32.7. The van der Waals surface area contributed by atoms with Crippen LogP contribution in [-0.2, 0) is 32.7 Å². The van der Waals surface area contributed by atoms with Crippen molar-refractivity contribution in [3.8, 4) is 0 Å². The van der Waals surface area contributed by atoms with Gasteiger partial charge in [0.25, 0.3) is 0 Å². The molecule has 0 aromatic carbocycles. The van der Waals surface area contributed by atoms with Gasteiger partial charge in [0.15, 0.2) is 6.10 Å². The van der Waals surface area contributed by atoms with E-state index in [0.29, 0.717) is 12.8 Å². The van der Waals surface area contributed by atoms with Crippen molar-refractivity contribution in [2.45, 2.75) is 191 Å². The molecule has 14 heteroatoms. The highest BCUT2D eigenvalue weighted by Gasteiger charge is 2.51. The van der Waals surface area contributed by atoms with E-state index in [-0.39, 0.29) is 12.8 Å². The number of phosphoric acid groups is 1. The SMILES string of the molecule is CCCCC/C=C/C/C=C/C/C=C/CCCCC(=O)O[C@H](COC(=O)CCCCCCC/C=C/CCCCC)COP(=O)(O)OC1C(O)C(O)C(O)[C@H](O)C1O. The molecule has 1 aliphatic rings. The molecule has 0 saturated heterocycles. The average Bonchev–Trinajstić information content (AvgIpc) is 3.18. The van der Waals surface area contributed by atoms with Gasteiger partial charge in [-0.05, 0) is 77.0 Å². The molecule has 1 rings (SSSR count). The Morgan fingerprint density at radius 2 is 0.964 bits per heavy atom.